The molecule has 1 aromatic rings. The molecule has 1 rings (SSSR count). The molecule has 116 valence electrons. The number of benzene rings is 1. The quantitative estimate of drug-likeness (QED) is 0.877. The second-order valence-corrected chi connectivity index (χ2v) is 5.48. The van der Waals surface area contributed by atoms with Crippen LogP contribution in [0.5, 0.6) is 5.75 Å². The van der Waals surface area contributed by atoms with Crippen molar-refractivity contribution in [3.05, 3.63) is 24.3 Å². The van der Waals surface area contributed by atoms with E-state index in [9.17, 15) is 9.59 Å². The molecule has 0 aliphatic heterocycles. The van der Waals surface area contributed by atoms with Crippen LogP contribution in [0.15, 0.2) is 24.3 Å². The van der Waals surface area contributed by atoms with Crippen LogP contribution in [-0.2, 0) is 9.59 Å². The number of nitrogens with zero attached hydrogens (tertiary/aromatic N) is 1. The number of carbonyl (C=O) groups excluding carboxylic acids is 2. The summed E-state index contributed by atoms with van der Waals surface area (Å²) in [7, 11) is 0. The molecular formula is C16H24N2O3. The van der Waals surface area contributed by atoms with Crippen molar-refractivity contribution < 1.29 is 14.3 Å². The van der Waals surface area contributed by atoms with Crippen LogP contribution >= 0.6 is 0 Å². The molecule has 2 amide bonds. The lowest BCUT2D eigenvalue weighted by Crippen LogP contribution is -2.41. The Hall–Kier alpha value is -2.04. The summed E-state index contributed by atoms with van der Waals surface area (Å²) < 4.78 is 5.54. The summed E-state index contributed by atoms with van der Waals surface area (Å²) in [6.45, 7) is 9.19. The van der Waals surface area contributed by atoms with Gasteiger partial charge < -0.3 is 15.0 Å². The van der Waals surface area contributed by atoms with Crippen molar-refractivity contribution in [2.45, 2.75) is 46.8 Å². The third kappa shape index (κ3) is 5.85. The van der Waals surface area contributed by atoms with Crippen molar-refractivity contribution in [2.75, 3.05) is 11.9 Å². The topological polar surface area (TPSA) is 58.6 Å². The minimum Gasteiger partial charge on any atom is -0.491 e. The molecule has 1 aromatic carbocycles. The van der Waals surface area contributed by atoms with Gasteiger partial charge in [-0.2, -0.15) is 0 Å². The second kappa shape index (κ2) is 7.67. The van der Waals surface area contributed by atoms with Crippen LogP contribution in [0.2, 0.25) is 0 Å². The van der Waals surface area contributed by atoms with E-state index in [-0.39, 0.29) is 30.5 Å². The SMILES string of the molecule is CC(=O)N(CC(=O)Nc1ccc(OC(C)C)cc1)C(C)C. The van der Waals surface area contributed by atoms with Crippen LogP contribution in [0, 0.1) is 0 Å². The van der Waals surface area contributed by atoms with Gasteiger partial charge >= 0.3 is 0 Å². The first-order valence-electron chi connectivity index (χ1n) is 7.13. The van der Waals surface area contributed by atoms with Crippen molar-refractivity contribution in [1.29, 1.82) is 0 Å². The Morgan fingerprint density at radius 2 is 1.71 bits per heavy atom. The van der Waals surface area contributed by atoms with Crippen molar-refractivity contribution in [2.24, 2.45) is 0 Å². The highest BCUT2D eigenvalue weighted by Gasteiger charge is 2.16. The van der Waals surface area contributed by atoms with Gasteiger partial charge in [0.15, 0.2) is 0 Å². The monoisotopic (exact) mass is 292 g/mol. The molecule has 1 N–H and O–H groups in total. The molecule has 0 unspecified atom stereocenters. The molecule has 0 spiro atoms. The normalized spacial score (nSPS) is 10.6. The van der Waals surface area contributed by atoms with Crippen LogP contribution < -0.4 is 10.1 Å². The number of hydrogen-bond acceptors (Lipinski definition) is 3. The number of nitrogens with one attached hydrogen (secondary N) is 1. The lowest BCUT2D eigenvalue weighted by Gasteiger charge is -2.24. The number of ether oxygens (including phenoxy) is 1. The summed E-state index contributed by atoms with van der Waals surface area (Å²) in [5.41, 5.74) is 0.684. The minimum atomic E-state index is -0.212. The summed E-state index contributed by atoms with van der Waals surface area (Å²) in [6, 6.07) is 7.17. The largest absolute Gasteiger partial charge is 0.491 e. The van der Waals surface area contributed by atoms with Crippen LogP contribution in [0.4, 0.5) is 5.69 Å². The molecule has 0 aromatic heterocycles. The van der Waals surface area contributed by atoms with Crippen LogP contribution in [0.3, 0.4) is 0 Å². The molecule has 0 radical (unpaired) electrons. The molecule has 5 nitrogen and oxygen atoms in total. The van der Waals surface area contributed by atoms with Crippen LogP contribution in [-0.4, -0.2) is 35.4 Å². The van der Waals surface area contributed by atoms with E-state index in [1.165, 1.54) is 11.8 Å². The number of anilines is 1. The fraction of sp³-hybridized carbons (Fsp3) is 0.500. The van der Waals surface area contributed by atoms with Gasteiger partial charge in [-0.15, -0.1) is 0 Å². The van der Waals surface area contributed by atoms with Gasteiger partial charge in [0, 0.05) is 18.7 Å². The predicted octanol–water partition coefficient (Wildman–Crippen LogP) is 2.67. The van der Waals surface area contributed by atoms with E-state index in [4.69, 9.17) is 4.74 Å². The summed E-state index contributed by atoms with van der Waals surface area (Å²) >= 11 is 0. The molecule has 0 fully saturated rings. The Morgan fingerprint density at radius 3 is 2.14 bits per heavy atom. The fourth-order valence-electron chi connectivity index (χ4n) is 1.90. The van der Waals surface area contributed by atoms with Crippen LogP contribution in [0.25, 0.3) is 0 Å². The van der Waals surface area contributed by atoms with Crippen molar-refractivity contribution in [3.8, 4) is 5.75 Å². The molecular weight excluding hydrogens is 268 g/mol. The highest BCUT2D eigenvalue weighted by atomic mass is 16.5. The Bertz CT molecular complexity index is 481. The molecule has 0 atom stereocenters. The zero-order valence-electron chi connectivity index (χ0n) is 13.3. The summed E-state index contributed by atoms with van der Waals surface area (Å²) in [4.78, 5) is 24.9. The summed E-state index contributed by atoms with van der Waals surface area (Å²) in [5, 5.41) is 2.77. The standard InChI is InChI=1S/C16H24N2O3/c1-11(2)18(13(5)19)10-16(20)17-14-6-8-15(9-7-14)21-12(3)4/h6-9,11-12H,10H2,1-5H3,(H,17,20). The smallest absolute Gasteiger partial charge is 0.244 e. The van der Waals surface area contributed by atoms with Gasteiger partial charge in [0.2, 0.25) is 11.8 Å². The first-order valence-corrected chi connectivity index (χ1v) is 7.13. The van der Waals surface area contributed by atoms with Gasteiger partial charge in [-0.05, 0) is 52.0 Å². The number of amides is 2. The molecule has 0 heterocycles. The Balaban J connectivity index is 2.60. The van der Waals surface area contributed by atoms with E-state index in [0.29, 0.717) is 5.69 Å². The van der Waals surface area contributed by atoms with Gasteiger partial charge in [0.25, 0.3) is 0 Å². The predicted molar refractivity (Wildman–Crippen MR) is 83.4 cm³/mol. The van der Waals surface area contributed by atoms with Crippen LogP contribution in [0.1, 0.15) is 34.6 Å². The van der Waals surface area contributed by atoms with Gasteiger partial charge in [0.05, 0.1) is 6.10 Å². The highest BCUT2D eigenvalue weighted by molar-refractivity contribution is 5.94. The van der Waals surface area contributed by atoms with E-state index in [1.54, 1.807) is 24.3 Å². The Morgan fingerprint density at radius 1 is 1.14 bits per heavy atom. The minimum absolute atomic E-state index is 0.00457. The maximum absolute atomic E-state index is 12.0. The van der Waals surface area contributed by atoms with Gasteiger partial charge in [-0.1, -0.05) is 0 Å². The molecule has 0 saturated heterocycles. The highest BCUT2D eigenvalue weighted by Crippen LogP contribution is 2.17. The average molecular weight is 292 g/mol. The van der Waals surface area contributed by atoms with E-state index < -0.39 is 0 Å². The fourth-order valence-corrected chi connectivity index (χ4v) is 1.90. The number of hydrogen-bond donors (Lipinski definition) is 1. The second-order valence-electron chi connectivity index (χ2n) is 5.48. The van der Waals surface area contributed by atoms with E-state index in [1.807, 2.05) is 27.7 Å². The van der Waals surface area contributed by atoms with Gasteiger partial charge in [-0.3, -0.25) is 9.59 Å². The molecule has 0 bridgehead atoms. The van der Waals surface area contributed by atoms with E-state index in [0.717, 1.165) is 5.75 Å². The molecule has 0 aliphatic rings. The lowest BCUT2D eigenvalue weighted by molar-refractivity contribution is -0.134. The Kier molecular flexibility index (Phi) is 6.21. The molecule has 0 aliphatic carbocycles. The first-order chi connectivity index (χ1) is 9.79. The zero-order valence-corrected chi connectivity index (χ0v) is 13.3. The number of carbonyl (C=O) groups is 2. The van der Waals surface area contributed by atoms with E-state index >= 15 is 0 Å². The van der Waals surface area contributed by atoms with Crippen molar-refractivity contribution >= 4 is 17.5 Å². The van der Waals surface area contributed by atoms with Gasteiger partial charge in [0.1, 0.15) is 12.3 Å². The first kappa shape index (κ1) is 17.0. The molecule has 5 heteroatoms. The third-order valence-corrected chi connectivity index (χ3v) is 2.85. The zero-order chi connectivity index (χ0) is 16.0. The Labute approximate surface area is 126 Å². The van der Waals surface area contributed by atoms with E-state index in [2.05, 4.69) is 5.32 Å². The number of rotatable bonds is 6. The van der Waals surface area contributed by atoms with Crippen molar-refractivity contribution in [3.63, 3.8) is 0 Å². The van der Waals surface area contributed by atoms with Crippen molar-refractivity contribution in [1.82, 2.24) is 4.90 Å². The molecule has 0 saturated carbocycles. The third-order valence-electron chi connectivity index (χ3n) is 2.85. The summed E-state index contributed by atoms with van der Waals surface area (Å²) in [5.74, 6) is 0.438. The average Bonchev–Trinajstić information content (AvgIpc) is 2.37. The summed E-state index contributed by atoms with van der Waals surface area (Å²) in [6.07, 6.45) is 0.112. The molecule has 21 heavy (non-hydrogen) atoms. The van der Waals surface area contributed by atoms with Gasteiger partial charge in [-0.25, -0.2) is 0 Å². The maximum Gasteiger partial charge on any atom is 0.244 e. The maximum atomic E-state index is 12.0. The lowest BCUT2D eigenvalue weighted by atomic mass is 10.2.